The Morgan fingerprint density at radius 1 is 1.10 bits per heavy atom. The Hall–Kier alpha value is -1.01. The highest BCUT2D eigenvalue weighted by molar-refractivity contribution is 5.85. The van der Waals surface area contributed by atoms with E-state index in [-0.39, 0.29) is 24.8 Å². The number of benzene rings is 1. The summed E-state index contributed by atoms with van der Waals surface area (Å²) in [6.45, 7) is 5.70. The molecule has 1 aliphatic heterocycles. The average molecular weight is 460 g/mol. The van der Waals surface area contributed by atoms with Crippen LogP contribution >= 0.6 is 24.8 Å². The second-order valence-corrected chi connectivity index (χ2v) is 8.22. The molecule has 172 valence electrons. The SMILES string of the molecule is COc1ccc2c(c1)CC(CCCNCCCCN1CCNCCC1=O)CC2.Cl.Cl. The van der Waals surface area contributed by atoms with Crippen LogP contribution in [0.15, 0.2) is 18.2 Å². The fourth-order valence-electron chi connectivity index (χ4n) is 4.43. The fraction of sp³-hybridized carbons (Fsp3) is 0.696. The number of ether oxygens (including phenoxy) is 1. The van der Waals surface area contributed by atoms with Crippen LogP contribution in [0, 0.1) is 5.92 Å². The molecule has 2 N–H and O–H groups in total. The fourth-order valence-corrected chi connectivity index (χ4v) is 4.43. The summed E-state index contributed by atoms with van der Waals surface area (Å²) >= 11 is 0. The first-order chi connectivity index (χ1) is 13.8. The lowest BCUT2D eigenvalue weighted by Crippen LogP contribution is -2.33. The largest absolute Gasteiger partial charge is 0.497 e. The van der Waals surface area contributed by atoms with Gasteiger partial charge in [0.2, 0.25) is 5.91 Å². The van der Waals surface area contributed by atoms with Gasteiger partial charge in [-0.05, 0) is 87.2 Å². The van der Waals surface area contributed by atoms with Gasteiger partial charge < -0.3 is 20.3 Å². The number of methoxy groups -OCH3 is 1. The molecule has 1 unspecified atom stereocenters. The van der Waals surface area contributed by atoms with Crippen molar-refractivity contribution < 1.29 is 9.53 Å². The minimum Gasteiger partial charge on any atom is -0.497 e. The molecule has 1 atom stereocenters. The zero-order chi connectivity index (χ0) is 19.6. The van der Waals surface area contributed by atoms with Crippen molar-refractivity contribution in [1.82, 2.24) is 15.5 Å². The molecule has 7 heteroatoms. The van der Waals surface area contributed by atoms with Crippen LogP contribution in [0.5, 0.6) is 5.75 Å². The van der Waals surface area contributed by atoms with Gasteiger partial charge in [-0.25, -0.2) is 0 Å². The summed E-state index contributed by atoms with van der Waals surface area (Å²) in [4.78, 5) is 14.0. The summed E-state index contributed by atoms with van der Waals surface area (Å²) in [5.41, 5.74) is 3.00. The van der Waals surface area contributed by atoms with E-state index in [2.05, 4.69) is 28.8 Å². The van der Waals surface area contributed by atoms with Crippen molar-refractivity contribution in [3.8, 4) is 5.75 Å². The highest BCUT2D eigenvalue weighted by Gasteiger charge is 2.19. The van der Waals surface area contributed by atoms with Crippen LogP contribution in [-0.4, -0.2) is 57.2 Å². The van der Waals surface area contributed by atoms with Crippen LogP contribution in [0.25, 0.3) is 0 Å². The van der Waals surface area contributed by atoms with Gasteiger partial charge in [-0.1, -0.05) is 6.07 Å². The van der Waals surface area contributed by atoms with Gasteiger partial charge in [-0.2, -0.15) is 0 Å². The van der Waals surface area contributed by atoms with E-state index in [4.69, 9.17) is 4.74 Å². The molecule has 0 radical (unpaired) electrons. The minimum atomic E-state index is 0. The lowest BCUT2D eigenvalue weighted by molar-refractivity contribution is -0.130. The first-order valence-electron chi connectivity index (χ1n) is 11.1. The number of rotatable bonds is 10. The highest BCUT2D eigenvalue weighted by Crippen LogP contribution is 2.30. The summed E-state index contributed by atoms with van der Waals surface area (Å²) in [6, 6.07) is 6.55. The van der Waals surface area contributed by atoms with Crippen molar-refractivity contribution in [3.05, 3.63) is 29.3 Å². The summed E-state index contributed by atoms with van der Waals surface area (Å²) < 4.78 is 5.38. The van der Waals surface area contributed by atoms with Crippen LogP contribution < -0.4 is 15.4 Å². The van der Waals surface area contributed by atoms with Gasteiger partial charge in [-0.15, -0.1) is 24.8 Å². The van der Waals surface area contributed by atoms with Crippen molar-refractivity contribution in [2.75, 3.05) is 46.4 Å². The van der Waals surface area contributed by atoms with Crippen LogP contribution in [0.4, 0.5) is 0 Å². The quantitative estimate of drug-likeness (QED) is 0.524. The second-order valence-electron chi connectivity index (χ2n) is 8.22. The van der Waals surface area contributed by atoms with Crippen molar-refractivity contribution in [1.29, 1.82) is 0 Å². The minimum absolute atomic E-state index is 0. The van der Waals surface area contributed by atoms with Crippen LogP contribution in [0.2, 0.25) is 0 Å². The van der Waals surface area contributed by atoms with Crippen molar-refractivity contribution in [2.24, 2.45) is 5.92 Å². The van der Waals surface area contributed by atoms with E-state index in [1.165, 1.54) is 43.2 Å². The van der Waals surface area contributed by atoms with Crippen molar-refractivity contribution in [2.45, 2.75) is 51.4 Å². The van der Waals surface area contributed by atoms with E-state index in [0.717, 1.165) is 63.8 Å². The third kappa shape index (κ3) is 8.62. The molecular formula is C23H39Cl2N3O2. The molecule has 5 nitrogen and oxygen atoms in total. The number of amides is 1. The number of hydrogen-bond acceptors (Lipinski definition) is 4. The summed E-state index contributed by atoms with van der Waals surface area (Å²) in [5.74, 6) is 2.10. The molecule has 2 aliphatic rings. The van der Waals surface area contributed by atoms with Crippen molar-refractivity contribution >= 4 is 30.7 Å². The topological polar surface area (TPSA) is 53.6 Å². The molecule has 1 saturated heterocycles. The Morgan fingerprint density at radius 3 is 2.77 bits per heavy atom. The third-order valence-electron chi connectivity index (χ3n) is 6.17. The van der Waals surface area contributed by atoms with Gasteiger partial charge >= 0.3 is 0 Å². The third-order valence-corrected chi connectivity index (χ3v) is 6.17. The zero-order valence-corrected chi connectivity index (χ0v) is 19.9. The molecule has 0 bridgehead atoms. The second kappa shape index (κ2) is 14.9. The number of hydrogen-bond donors (Lipinski definition) is 2. The van der Waals surface area contributed by atoms with Gasteiger partial charge in [0, 0.05) is 32.6 Å². The van der Waals surface area contributed by atoms with E-state index in [9.17, 15) is 4.79 Å². The van der Waals surface area contributed by atoms with Gasteiger partial charge in [0.25, 0.3) is 0 Å². The van der Waals surface area contributed by atoms with Gasteiger partial charge in [-0.3, -0.25) is 4.79 Å². The van der Waals surface area contributed by atoms with Crippen molar-refractivity contribution in [3.63, 3.8) is 0 Å². The molecule has 0 spiro atoms. The Kier molecular flexibility index (Phi) is 13.4. The Bertz CT molecular complexity index is 630. The first kappa shape index (κ1) is 27.0. The molecule has 1 aromatic rings. The van der Waals surface area contributed by atoms with Crippen LogP contribution in [-0.2, 0) is 17.6 Å². The van der Waals surface area contributed by atoms with E-state index < -0.39 is 0 Å². The number of carbonyl (C=O) groups excluding carboxylic acids is 1. The molecule has 0 saturated carbocycles. The maximum atomic E-state index is 11.9. The maximum absolute atomic E-state index is 11.9. The standard InChI is InChI=1S/C23H37N3O2.2ClH/c1-28-22-9-8-20-7-6-19(17-21(20)18-22)5-4-12-24-11-2-3-15-26-16-14-25-13-10-23(26)27;;/h8-9,18-19,24-25H,2-7,10-17H2,1H3;2*1H. The molecular weight excluding hydrogens is 421 g/mol. The number of nitrogens with zero attached hydrogens (tertiary/aromatic N) is 1. The average Bonchev–Trinajstić information content (AvgIpc) is 2.93. The smallest absolute Gasteiger partial charge is 0.223 e. The van der Waals surface area contributed by atoms with Gasteiger partial charge in [0.05, 0.1) is 7.11 Å². The predicted octanol–water partition coefficient (Wildman–Crippen LogP) is 3.62. The molecule has 3 rings (SSSR count). The summed E-state index contributed by atoms with van der Waals surface area (Å²) in [5, 5.41) is 6.88. The number of fused-ring (bicyclic) bond motifs is 1. The predicted molar refractivity (Wildman–Crippen MR) is 128 cm³/mol. The van der Waals surface area contributed by atoms with E-state index >= 15 is 0 Å². The van der Waals surface area contributed by atoms with Crippen LogP contribution in [0.1, 0.15) is 49.7 Å². The lowest BCUT2D eigenvalue weighted by atomic mass is 9.81. The molecule has 1 heterocycles. The molecule has 1 aromatic carbocycles. The number of nitrogens with one attached hydrogen (secondary N) is 2. The first-order valence-corrected chi connectivity index (χ1v) is 11.1. The van der Waals surface area contributed by atoms with E-state index in [0.29, 0.717) is 12.3 Å². The molecule has 1 amide bonds. The van der Waals surface area contributed by atoms with Crippen LogP contribution in [0.3, 0.4) is 0 Å². The molecule has 0 aromatic heterocycles. The van der Waals surface area contributed by atoms with E-state index in [1.807, 2.05) is 4.90 Å². The monoisotopic (exact) mass is 459 g/mol. The number of unbranched alkanes of at least 4 members (excludes halogenated alkanes) is 1. The highest BCUT2D eigenvalue weighted by atomic mass is 35.5. The zero-order valence-electron chi connectivity index (χ0n) is 18.3. The Morgan fingerprint density at radius 2 is 1.93 bits per heavy atom. The Balaban J connectivity index is 0.00000225. The van der Waals surface area contributed by atoms with Gasteiger partial charge in [0.1, 0.15) is 5.75 Å². The summed E-state index contributed by atoms with van der Waals surface area (Å²) in [6.07, 6.45) is 9.18. The number of carbonyl (C=O) groups is 1. The molecule has 1 fully saturated rings. The normalized spacial score (nSPS) is 18.6. The van der Waals surface area contributed by atoms with E-state index in [1.54, 1.807) is 7.11 Å². The summed E-state index contributed by atoms with van der Waals surface area (Å²) in [7, 11) is 1.75. The molecule has 30 heavy (non-hydrogen) atoms. The number of halogens is 2. The maximum Gasteiger partial charge on any atom is 0.223 e. The Labute approximate surface area is 194 Å². The lowest BCUT2D eigenvalue weighted by Gasteiger charge is -2.25. The molecule has 1 aliphatic carbocycles. The number of aryl methyl sites for hydroxylation is 1. The van der Waals surface area contributed by atoms with Gasteiger partial charge in [0.15, 0.2) is 0 Å².